The van der Waals surface area contributed by atoms with Crippen LogP contribution in [0.3, 0.4) is 0 Å². The molecule has 3 fully saturated rings. The van der Waals surface area contributed by atoms with Gasteiger partial charge in [0.15, 0.2) is 0 Å². The summed E-state index contributed by atoms with van der Waals surface area (Å²) in [5.74, 6) is 0.639. The third-order valence-electron chi connectivity index (χ3n) is 6.88. The van der Waals surface area contributed by atoms with E-state index in [9.17, 15) is 9.59 Å². The molecule has 2 saturated heterocycles. The second-order valence-corrected chi connectivity index (χ2v) is 11.0. The number of esters is 1. The molecule has 0 bridgehead atoms. The molecule has 3 unspecified atom stereocenters. The van der Waals surface area contributed by atoms with E-state index in [0.717, 1.165) is 63.0 Å². The molecule has 30 heavy (non-hydrogen) atoms. The number of likely N-dealkylation sites (tertiary alicyclic amines) is 1. The van der Waals surface area contributed by atoms with E-state index in [0.29, 0.717) is 18.2 Å². The Morgan fingerprint density at radius 2 is 1.87 bits per heavy atom. The second kappa shape index (κ2) is 8.95. The number of hydrogen-bond acceptors (Lipinski definition) is 6. The molecule has 1 aromatic rings. The highest BCUT2D eigenvalue weighted by Gasteiger charge is 2.44. The number of fused-ring (bicyclic) bond motifs is 1. The van der Waals surface area contributed by atoms with Gasteiger partial charge in [-0.1, -0.05) is 12.8 Å². The van der Waals surface area contributed by atoms with Crippen LogP contribution in [-0.4, -0.2) is 53.5 Å². The molecule has 0 radical (unpaired) electrons. The highest BCUT2D eigenvalue weighted by Crippen LogP contribution is 2.39. The highest BCUT2D eigenvalue weighted by atomic mass is 32.1. The smallest absolute Gasteiger partial charge is 0.311 e. The fourth-order valence-electron chi connectivity index (χ4n) is 5.11. The summed E-state index contributed by atoms with van der Waals surface area (Å²) in [5, 5.41) is 6.44. The third-order valence-corrected chi connectivity index (χ3v) is 7.88. The number of rotatable bonds is 3. The Hall–Kier alpha value is -1.47. The van der Waals surface area contributed by atoms with Crippen molar-refractivity contribution < 1.29 is 14.3 Å². The van der Waals surface area contributed by atoms with Crippen molar-refractivity contribution in [1.82, 2.24) is 15.2 Å². The predicted octanol–water partition coefficient (Wildman–Crippen LogP) is 3.97. The summed E-state index contributed by atoms with van der Waals surface area (Å²) in [5.41, 5.74) is 0.103. The van der Waals surface area contributed by atoms with Crippen LogP contribution >= 0.6 is 11.3 Å². The summed E-state index contributed by atoms with van der Waals surface area (Å²) in [7, 11) is 0. The van der Waals surface area contributed by atoms with Crippen LogP contribution in [0.4, 0.5) is 0 Å². The Morgan fingerprint density at radius 3 is 2.60 bits per heavy atom. The van der Waals surface area contributed by atoms with E-state index in [4.69, 9.17) is 9.72 Å². The molecule has 1 saturated carbocycles. The van der Waals surface area contributed by atoms with Crippen molar-refractivity contribution in [2.45, 2.75) is 83.8 Å². The van der Waals surface area contributed by atoms with Gasteiger partial charge in [0.05, 0.1) is 10.4 Å². The van der Waals surface area contributed by atoms with Gasteiger partial charge >= 0.3 is 5.97 Å². The number of amides is 1. The van der Waals surface area contributed by atoms with Crippen molar-refractivity contribution in [3.05, 3.63) is 16.1 Å². The van der Waals surface area contributed by atoms with Crippen LogP contribution < -0.4 is 5.32 Å². The Bertz CT molecular complexity index is 766. The molecule has 4 rings (SSSR count). The number of hydrogen-bond donors (Lipinski definition) is 1. The highest BCUT2D eigenvalue weighted by molar-refractivity contribution is 7.09. The fourth-order valence-corrected chi connectivity index (χ4v) is 6.07. The van der Waals surface area contributed by atoms with Crippen LogP contribution in [0.25, 0.3) is 0 Å². The van der Waals surface area contributed by atoms with E-state index < -0.39 is 5.41 Å². The topological polar surface area (TPSA) is 71.5 Å². The van der Waals surface area contributed by atoms with Gasteiger partial charge in [0.2, 0.25) is 0 Å². The Kier molecular flexibility index (Phi) is 6.49. The average Bonchev–Trinajstić information content (AvgIpc) is 3.24. The van der Waals surface area contributed by atoms with Crippen molar-refractivity contribution in [3.63, 3.8) is 0 Å². The number of carbonyl (C=O) groups is 2. The normalized spacial score (nSPS) is 28.1. The van der Waals surface area contributed by atoms with Gasteiger partial charge in [-0.05, 0) is 59.5 Å². The third kappa shape index (κ3) is 4.57. The molecule has 1 N–H and O–H groups in total. The Balaban J connectivity index is 1.46. The van der Waals surface area contributed by atoms with E-state index in [2.05, 4.69) is 5.32 Å². The van der Waals surface area contributed by atoms with Crippen LogP contribution in [0.2, 0.25) is 0 Å². The quantitative estimate of drug-likeness (QED) is 0.730. The molecule has 6 nitrogen and oxygen atoms in total. The largest absolute Gasteiger partial charge is 0.462 e. The number of carbonyl (C=O) groups excluding carboxylic acids is 2. The van der Waals surface area contributed by atoms with Gasteiger partial charge in [-0.25, -0.2) is 4.98 Å². The Labute approximate surface area is 183 Å². The van der Waals surface area contributed by atoms with Gasteiger partial charge in [0.25, 0.3) is 5.91 Å². The zero-order chi connectivity index (χ0) is 21.3. The van der Waals surface area contributed by atoms with Crippen LogP contribution in [0.1, 0.15) is 87.1 Å². The summed E-state index contributed by atoms with van der Waals surface area (Å²) in [4.78, 5) is 32.7. The van der Waals surface area contributed by atoms with Gasteiger partial charge in [-0.2, -0.15) is 0 Å². The van der Waals surface area contributed by atoms with Gasteiger partial charge in [-0.3, -0.25) is 9.59 Å². The minimum atomic E-state index is -0.497. The van der Waals surface area contributed by atoms with Gasteiger partial charge in [0, 0.05) is 36.2 Å². The van der Waals surface area contributed by atoms with Crippen molar-refractivity contribution in [3.8, 4) is 0 Å². The van der Waals surface area contributed by atoms with E-state index in [1.54, 1.807) is 11.3 Å². The summed E-state index contributed by atoms with van der Waals surface area (Å²) in [6, 6.07) is 0.154. The lowest BCUT2D eigenvalue weighted by Crippen LogP contribution is -2.56. The maximum absolute atomic E-state index is 13.4. The summed E-state index contributed by atoms with van der Waals surface area (Å²) in [6.45, 7) is 8.39. The molecule has 166 valence electrons. The summed E-state index contributed by atoms with van der Waals surface area (Å²) >= 11 is 1.63. The first-order valence-electron chi connectivity index (χ1n) is 11.5. The van der Waals surface area contributed by atoms with Crippen LogP contribution in [0.5, 0.6) is 0 Å². The van der Waals surface area contributed by atoms with Crippen molar-refractivity contribution in [2.75, 3.05) is 19.6 Å². The lowest BCUT2D eigenvalue weighted by molar-refractivity contribution is -0.167. The number of nitrogens with one attached hydrogen (secondary N) is 1. The minimum Gasteiger partial charge on any atom is -0.462 e. The molecule has 0 aromatic carbocycles. The minimum absolute atomic E-state index is 0.0592. The lowest BCUT2D eigenvalue weighted by atomic mass is 9.76. The molecule has 3 atom stereocenters. The average molecular weight is 434 g/mol. The van der Waals surface area contributed by atoms with Crippen LogP contribution in [0.15, 0.2) is 5.38 Å². The van der Waals surface area contributed by atoms with Gasteiger partial charge in [0.1, 0.15) is 11.8 Å². The molecular weight excluding hydrogens is 398 g/mol. The van der Waals surface area contributed by atoms with Crippen molar-refractivity contribution in [1.29, 1.82) is 0 Å². The van der Waals surface area contributed by atoms with Gasteiger partial charge < -0.3 is 15.0 Å². The van der Waals surface area contributed by atoms with Gasteiger partial charge in [-0.15, -0.1) is 11.3 Å². The monoisotopic (exact) mass is 433 g/mol. The molecule has 3 aliphatic rings. The lowest BCUT2D eigenvalue weighted by Gasteiger charge is -2.47. The second-order valence-electron chi connectivity index (χ2n) is 10.1. The summed E-state index contributed by atoms with van der Waals surface area (Å²) < 4.78 is 5.95. The first kappa shape index (κ1) is 21.8. The van der Waals surface area contributed by atoms with E-state index in [1.807, 2.05) is 31.1 Å². The first-order chi connectivity index (χ1) is 14.3. The number of piperidine rings is 2. The predicted molar refractivity (Wildman–Crippen MR) is 118 cm³/mol. The fraction of sp³-hybridized carbons (Fsp3) is 0.783. The standard InChI is InChI=1S/C23H35N3O3S/c1-23(2,3)22(28)29-19-10-13-26(18-7-5-4-6-16(18)19)21(27)17-14-30-20(25-17)15-8-11-24-12-9-15/h14-16,18-19,24H,4-13H2,1-3H3. The number of ether oxygens (including phenoxy) is 1. The summed E-state index contributed by atoms with van der Waals surface area (Å²) in [6.07, 6.45) is 7.12. The molecule has 2 aliphatic heterocycles. The van der Waals surface area contributed by atoms with Crippen LogP contribution in [-0.2, 0) is 9.53 Å². The maximum atomic E-state index is 13.4. The van der Waals surface area contributed by atoms with Crippen molar-refractivity contribution >= 4 is 23.2 Å². The maximum Gasteiger partial charge on any atom is 0.311 e. The van der Waals surface area contributed by atoms with Crippen molar-refractivity contribution in [2.24, 2.45) is 11.3 Å². The number of nitrogens with zero attached hydrogens (tertiary/aromatic N) is 2. The Morgan fingerprint density at radius 1 is 1.13 bits per heavy atom. The zero-order valence-electron chi connectivity index (χ0n) is 18.5. The van der Waals surface area contributed by atoms with E-state index in [-0.39, 0.29) is 29.9 Å². The SMILES string of the molecule is CC(C)(C)C(=O)OC1CCN(C(=O)c2csc(C3CCNCC3)n2)C2CCCCC12. The van der Waals surface area contributed by atoms with Crippen LogP contribution in [0, 0.1) is 11.3 Å². The van der Waals surface area contributed by atoms with E-state index in [1.165, 1.54) is 0 Å². The number of thiazole rings is 1. The molecule has 1 aromatic heterocycles. The molecule has 7 heteroatoms. The van der Waals surface area contributed by atoms with E-state index >= 15 is 0 Å². The molecule has 0 spiro atoms. The molecule has 1 aliphatic carbocycles. The number of aromatic nitrogens is 1. The molecule has 3 heterocycles. The first-order valence-corrected chi connectivity index (χ1v) is 12.4. The zero-order valence-corrected chi connectivity index (χ0v) is 19.3. The molecular formula is C23H35N3O3S. The molecule has 1 amide bonds.